The predicted molar refractivity (Wildman–Crippen MR) is 94.9 cm³/mol. The summed E-state index contributed by atoms with van der Waals surface area (Å²) in [5.41, 5.74) is 7.62. The number of benzene rings is 1. The molecular weight excluding hydrogens is 302 g/mol. The zero-order valence-corrected chi connectivity index (χ0v) is 14.8. The van der Waals surface area contributed by atoms with Crippen molar-refractivity contribution in [3.05, 3.63) is 35.4 Å². The van der Waals surface area contributed by atoms with E-state index in [-0.39, 0.29) is 23.6 Å². The smallest absolute Gasteiger partial charge is 0.302 e. The lowest BCUT2D eigenvalue weighted by molar-refractivity contribution is -0.141. The van der Waals surface area contributed by atoms with Gasteiger partial charge in [-0.25, -0.2) is 0 Å². The molecule has 1 fully saturated rings. The van der Waals surface area contributed by atoms with Gasteiger partial charge in [-0.05, 0) is 50.1 Å². The van der Waals surface area contributed by atoms with Crippen molar-refractivity contribution < 1.29 is 14.3 Å². The van der Waals surface area contributed by atoms with Gasteiger partial charge < -0.3 is 10.5 Å². The van der Waals surface area contributed by atoms with Gasteiger partial charge >= 0.3 is 5.97 Å². The largest absolute Gasteiger partial charge is 0.465 e. The number of ketones is 1. The van der Waals surface area contributed by atoms with E-state index in [0.717, 1.165) is 49.8 Å². The Kier molecular flexibility index (Phi) is 6.98. The number of rotatable bonds is 7. The van der Waals surface area contributed by atoms with Crippen molar-refractivity contribution in [2.24, 2.45) is 17.6 Å². The van der Waals surface area contributed by atoms with Crippen LogP contribution in [0, 0.1) is 11.8 Å². The van der Waals surface area contributed by atoms with Crippen molar-refractivity contribution in [3.8, 4) is 0 Å². The lowest BCUT2D eigenvalue weighted by Gasteiger charge is -2.26. The Bertz CT molecular complexity index is 545. The van der Waals surface area contributed by atoms with Crippen LogP contribution < -0.4 is 5.73 Å². The number of carbonyl (C=O) groups is 2. The van der Waals surface area contributed by atoms with Gasteiger partial charge in [0.05, 0.1) is 6.61 Å². The van der Waals surface area contributed by atoms with Gasteiger partial charge in [0.2, 0.25) is 0 Å². The first-order chi connectivity index (χ1) is 11.5. The van der Waals surface area contributed by atoms with Crippen molar-refractivity contribution in [1.29, 1.82) is 0 Å². The second-order valence-electron chi connectivity index (χ2n) is 6.85. The zero-order chi connectivity index (χ0) is 17.5. The minimum absolute atomic E-state index is 0.140. The summed E-state index contributed by atoms with van der Waals surface area (Å²) in [6.07, 6.45) is 4.92. The van der Waals surface area contributed by atoms with Gasteiger partial charge in [0.1, 0.15) is 0 Å². The topological polar surface area (TPSA) is 69.4 Å². The number of hydrogen-bond donors (Lipinski definition) is 1. The molecule has 1 aromatic rings. The molecule has 0 radical (unpaired) electrons. The first-order valence-corrected chi connectivity index (χ1v) is 9.02. The average Bonchev–Trinajstić information content (AvgIpc) is 2.62. The Morgan fingerprint density at radius 2 is 1.79 bits per heavy atom. The van der Waals surface area contributed by atoms with Gasteiger partial charge in [-0.15, -0.1) is 0 Å². The third-order valence-corrected chi connectivity index (χ3v) is 5.20. The lowest BCUT2D eigenvalue weighted by Crippen LogP contribution is -2.25. The number of Topliss-reactive ketones (excluding diaryl/α,β-unsaturated/α-hetero) is 1. The highest BCUT2D eigenvalue weighted by atomic mass is 16.5. The summed E-state index contributed by atoms with van der Waals surface area (Å²) in [6, 6.07) is 7.83. The van der Waals surface area contributed by atoms with Crippen molar-refractivity contribution >= 4 is 11.8 Å². The summed E-state index contributed by atoms with van der Waals surface area (Å²) in [7, 11) is 0. The maximum Gasteiger partial charge on any atom is 0.302 e. The summed E-state index contributed by atoms with van der Waals surface area (Å²) in [6.45, 7) is 4.62. The molecule has 1 aromatic carbocycles. The molecule has 0 aliphatic heterocycles. The number of hydrogen-bond acceptors (Lipinski definition) is 4. The molecule has 4 heteroatoms. The normalized spacial score (nSPS) is 22.0. The van der Waals surface area contributed by atoms with Crippen molar-refractivity contribution in [2.75, 3.05) is 13.2 Å². The van der Waals surface area contributed by atoms with Crippen LogP contribution in [0.25, 0.3) is 0 Å². The Balaban J connectivity index is 1.97. The maximum absolute atomic E-state index is 12.7. The summed E-state index contributed by atoms with van der Waals surface area (Å²) >= 11 is 0. The summed E-state index contributed by atoms with van der Waals surface area (Å²) < 4.78 is 5.13. The molecule has 0 amide bonds. The molecule has 0 saturated heterocycles. The molecule has 1 atom stereocenters. The van der Waals surface area contributed by atoms with Gasteiger partial charge in [0.25, 0.3) is 0 Å². The Morgan fingerprint density at radius 3 is 2.29 bits per heavy atom. The number of ether oxygens (including phenoxy) is 1. The van der Waals surface area contributed by atoms with E-state index in [1.165, 1.54) is 6.92 Å². The Labute approximate surface area is 144 Å². The second-order valence-corrected chi connectivity index (χ2v) is 6.85. The molecule has 0 aromatic heterocycles. The fourth-order valence-corrected chi connectivity index (χ4v) is 3.48. The van der Waals surface area contributed by atoms with Gasteiger partial charge in [0.15, 0.2) is 5.78 Å². The van der Waals surface area contributed by atoms with E-state index in [1.54, 1.807) is 0 Å². The molecule has 0 bridgehead atoms. The number of esters is 1. The van der Waals surface area contributed by atoms with E-state index in [9.17, 15) is 9.59 Å². The van der Waals surface area contributed by atoms with Crippen LogP contribution in [0.4, 0.5) is 0 Å². The summed E-state index contributed by atoms with van der Waals surface area (Å²) in [5.74, 6) is 0.904. The molecule has 2 N–H and O–H groups in total. The Morgan fingerprint density at radius 1 is 1.17 bits per heavy atom. The number of nitrogens with two attached hydrogens (primary N) is 1. The monoisotopic (exact) mass is 331 g/mol. The fourth-order valence-electron chi connectivity index (χ4n) is 3.48. The molecule has 1 saturated carbocycles. The number of carbonyl (C=O) groups excluding carboxylic acids is 2. The van der Waals surface area contributed by atoms with Crippen LogP contribution in [0.2, 0.25) is 0 Å². The molecule has 4 nitrogen and oxygen atoms in total. The molecule has 1 aliphatic carbocycles. The van der Waals surface area contributed by atoms with Crippen molar-refractivity contribution in [2.45, 2.75) is 51.9 Å². The Hall–Kier alpha value is -1.68. The van der Waals surface area contributed by atoms with Gasteiger partial charge in [-0.1, -0.05) is 31.2 Å². The minimum atomic E-state index is -0.256. The second kappa shape index (κ2) is 8.97. The van der Waals surface area contributed by atoms with Crippen LogP contribution >= 0.6 is 0 Å². The first kappa shape index (κ1) is 18.7. The van der Waals surface area contributed by atoms with E-state index < -0.39 is 0 Å². The molecule has 1 unspecified atom stereocenters. The SMILES string of the molecule is CCC(COC(C)=O)c1ccc(C(=O)C2CCC(CN)CC2)cc1. The molecule has 1 aliphatic rings. The first-order valence-electron chi connectivity index (χ1n) is 9.02. The van der Waals surface area contributed by atoms with Gasteiger partial charge in [-0.3, -0.25) is 9.59 Å². The maximum atomic E-state index is 12.7. The van der Waals surface area contributed by atoms with E-state index in [2.05, 4.69) is 6.92 Å². The van der Waals surface area contributed by atoms with E-state index in [4.69, 9.17) is 10.5 Å². The van der Waals surface area contributed by atoms with E-state index in [0.29, 0.717) is 12.5 Å². The highest BCUT2D eigenvalue weighted by Crippen LogP contribution is 2.31. The molecule has 2 rings (SSSR count). The minimum Gasteiger partial charge on any atom is -0.465 e. The quantitative estimate of drug-likeness (QED) is 0.611. The van der Waals surface area contributed by atoms with Gasteiger partial charge in [-0.2, -0.15) is 0 Å². The van der Waals surface area contributed by atoms with E-state index >= 15 is 0 Å². The van der Waals surface area contributed by atoms with Crippen LogP contribution in [0.1, 0.15) is 67.8 Å². The third-order valence-electron chi connectivity index (χ3n) is 5.20. The van der Waals surface area contributed by atoms with Gasteiger partial charge in [0, 0.05) is 24.3 Å². The molecule has 132 valence electrons. The average molecular weight is 331 g/mol. The van der Waals surface area contributed by atoms with E-state index in [1.807, 2.05) is 24.3 Å². The highest BCUT2D eigenvalue weighted by Gasteiger charge is 2.26. The predicted octanol–water partition coefficient (Wildman–Crippen LogP) is 3.69. The third kappa shape index (κ3) is 4.91. The molecule has 0 heterocycles. The highest BCUT2D eigenvalue weighted by molar-refractivity contribution is 5.97. The van der Waals surface area contributed by atoms with Crippen molar-refractivity contribution in [1.82, 2.24) is 0 Å². The summed E-state index contributed by atoms with van der Waals surface area (Å²) in [5, 5.41) is 0. The lowest BCUT2D eigenvalue weighted by atomic mass is 9.78. The summed E-state index contributed by atoms with van der Waals surface area (Å²) in [4.78, 5) is 23.6. The van der Waals surface area contributed by atoms with Crippen LogP contribution in [-0.4, -0.2) is 24.9 Å². The van der Waals surface area contributed by atoms with Crippen LogP contribution in [0.3, 0.4) is 0 Å². The molecule has 0 spiro atoms. The van der Waals surface area contributed by atoms with Crippen LogP contribution in [0.5, 0.6) is 0 Å². The van der Waals surface area contributed by atoms with Crippen LogP contribution in [-0.2, 0) is 9.53 Å². The molecular formula is C20H29NO3. The van der Waals surface area contributed by atoms with Crippen LogP contribution in [0.15, 0.2) is 24.3 Å². The molecule has 24 heavy (non-hydrogen) atoms. The fraction of sp³-hybridized carbons (Fsp3) is 0.600. The van der Waals surface area contributed by atoms with Crippen molar-refractivity contribution in [3.63, 3.8) is 0 Å². The zero-order valence-electron chi connectivity index (χ0n) is 14.8. The standard InChI is InChI=1S/C20H29NO3/c1-3-16(13-24-14(2)22)17-8-10-19(11-9-17)20(23)18-6-4-15(12-21)5-7-18/h8-11,15-16,18H,3-7,12-13,21H2,1-2H3.